The summed E-state index contributed by atoms with van der Waals surface area (Å²) < 4.78 is 6.82. The van der Waals surface area contributed by atoms with E-state index in [0.717, 1.165) is 11.4 Å². The maximum Gasteiger partial charge on any atom is 0.328 e. The predicted molar refractivity (Wildman–Crippen MR) is 83.8 cm³/mol. The lowest BCUT2D eigenvalue weighted by molar-refractivity contribution is -0.158. The van der Waals surface area contributed by atoms with E-state index >= 15 is 0 Å². The van der Waals surface area contributed by atoms with E-state index in [1.54, 1.807) is 4.68 Å². The summed E-state index contributed by atoms with van der Waals surface area (Å²) in [6.45, 7) is 2.45. The molecule has 0 aliphatic carbocycles. The normalized spacial score (nSPS) is 17.7. The SMILES string of the molecule is Cc1c(CC(=O)N2CCOCC2C(=O)O)nnn1-c1ccccc1. The highest BCUT2D eigenvalue weighted by atomic mass is 16.5. The number of hydrogen-bond donors (Lipinski definition) is 1. The van der Waals surface area contributed by atoms with E-state index in [1.165, 1.54) is 4.90 Å². The van der Waals surface area contributed by atoms with E-state index < -0.39 is 12.0 Å². The van der Waals surface area contributed by atoms with Crippen LogP contribution in [0.5, 0.6) is 0 Å². The third-order valence-corrected chi connectivity index (χ3v) is 4.04. The molecule has 1 unspecified atom stereocenters. The van der Waals surface area contributed by atoms with Crippen LogP contribution in [0.3, 0.4) is 0 Å². The Labute approximate surface area is 138 Å². The molecule has 3 rings (SSSR count). The van der Waals surface area contributed by atoms with Gasteiger partial charge in [0.05, 0.1) is 36.7 Å². The van der Waals surface area contributed by atoms with Gasteiger partial charge in [-0.15, -0.1) is 5.10 Å². The van der Waals surface area contributed by atoms with Crippen LogP contribution < -0.4 is 0 Å². The van der Waals surface area contributed by atoms with E-state index in [9.17, 15) is 14.7 Å². The zero-order chi connectivity index (χ0) is 17.1. The molecular weight excluding hydrogens is 312 g/mol. The second kappa shape index (κ2) is 6.79. The minimum atomic E-state index is -1.06. The average Bonchev–Trinajstić information content (AvgIpc) is 2.96. The van der Waals surface area contributed by atoms with Crippen molar-refractivity contribution in [3.05, 3.63) is 41.7 Å². The number of rotatable bonds is 4. The first kappa shape index (κ1) is 16.1. The number of nitrogens with zero attached hydrogens (tertiary/aromatic N) is 4. The molecule has 2 heterocycles. The molecule has 24 heavy (non-hydrogen) atoms. The molecule has 1 fully saturated rings. The highest BCUT2D eigenvalue weighted by Crippen LogP contribution is 2.15. The number of aliphatic carboxylic acids is 1. The van der Waals surface area contributed by atoms with Crippen molar-refractivity contribution in [2.75, 3.05) is 19.8 Å². The Morgan fingerprint density at radius 1 is 1.33 bits per heavy atom. The van der Waals surface area contributed by atoms with Gasteiger partial charge in [-0.05, 0) is 19.1 Å². The maximum atomic E-state index is 12.5. The van der Waals surface area contributed by atoms with E-state index in [2.05, 4.69) is 10.3 Å². The Kier molecular flexibility index (Phi) is 4.57. The molecule has 1 aliphatic rings. The van der Waals surface area contributed by atoms with E-state index in [-0.39, 0.29) is 25.5 Å². The van der Waals surface area contributed by atoms with Crippen molar-refractivity contribution in [3.63, 3.8) is 0 Å². The number of carbonyl (C=O) groups excluding carboxylic acids is 1. The first-order valence-electron chi connectivity index (χ1n) is 7.64. The Balaban J connectivity index is 1.78. The number of carboxylic acids is 1. The number of hydrogen-bond acceptors (Lipinski definition) is 5. The van der Waals surface area contributed by atoms with Gasteiger partial charge in [0.2, 0.25) is 5.91 Å². The number of ether oxygens (including phenoxy) is 1. The summed E-state index contributed by atoms with van der Waals surface area (Å²) in [5.41, 5.74) is 2.16. The predicted octanol–water partition coefficient (Wildman–Crippen LogP) is 0.430. The Morgan fingerprint density at radius 2 is 2.08 bits per heavy atom. The number of amides is 1. The zero-order valence-electron chi connectivity index (χ0n) is 13.3. The van der Waals surface area contributed by atoms with Crippen LogP contribution in [0.2, 0.25) is 0 Å². The molecule has 8 nitrogen and oxygen atoms in total. The van der Waals surface area contributed by atoms with E-state index in [4.69, 9.17) is 4.74 Å². The highest BCUT2D eigenvalue weighted by Gasteiger charge is 2.33. The van der Waals surface area contributed by atoms with Crippen molar-refractivity contribution in [2.45, 2.75) is 19.4 Å². The molecule has 1 aromatic heterocycles. The van der Waals surface area contributed by atoms with Crippen LogP contribution in [0.4, 0.5) is 0 Å². The summed E-state index contributed by atoms with van der Waals surface area (Å²) in [7, 11) is 0. The molecule has 1 aliphatic heterocycles. The van der Waals surface area contributed by atoms with Crippen LogP contribution in [0.25, 0.3) is 5.69 Å². The van der Waals surface area contributed by atoms with Crippen LogP contribution in [0, 0.1) is 6.92 Å². The van der Waals surface area contributed by atoms with E-state index in [0.29, 0.717) is 12.3 Å². The number of morpholine rings is 1. The van der Waals surface area contributed by atoms with Gasteiger partial charge >= 0.3 is 5.97 Å². The van der Waals surface area contributed by atoms with Crippen molar-refractivity contribution in [3.8, 4) is 5.69 Å². The lowest BCUT2D eigenvalue weighted by atomic mass is 10.1. The molecule has 0 spiro atoms. The molecule has 126 valence electrons. The summed E-state index contributed by atoms with van der Waals surface area (Å²) in [5, 5.41) is 17.4. The first-order chi connectivity index (χ1) is 11.6. The number of carboxylic acid groups (broad SMARTS) is 1. The van der Waals surface area contributed by atoms with Gasteiger partial charge < -0.3 is 14.7 Å². The van der Waals surface area contributed by atoms with Gasteiger partial charge in [-0.25, -0.2) is 9.48 Å². The fourth-order valence-electron chi connectivity index (χ4n) is 2.69. The average molecular weight is 330 g/mol. The Bertz CT molecular complexity index is 744. The monoisotopic (exact) mass is 330 g/mol. The molecule has 1 saturated heterocycles. The number of carbonyl (C=O) groups is 2. The van der Waals surface area contributed by atoms with Crippen LogP contribution in [-0.2, 0) is 20.7 Å². The third kappa shape index (κ3) is 3.13. The minimum Gasteiger partial charge on any atom is -0.480 e. The minimum absolute atomic E-state index is 0.0107. The molecule has 1 N–H and O–H groups in total. The van der Waals surface area contributed by atoms with Crippen molar-refractivity contribution < 1.29 is 19.4 Å². The number of aromatic nitrogens is 3. The Morgan fingerprint density at radius 3 is 2.79 bits per heavy atom. The fraction of sp³-hybridized carbons (Fsp3) is 0.375. The molecule has 0 radical (unpaired) electrons. The number of para-hydroxylation sites is 1. The smallest absolute Gasteiger partial charge is 0.328 e. The lowest BCUT2D eigenvalue weighted by Crippen LogP contribution is -2.53. The van der Waals surface area contributed by atoms with Gasteiger partial charge in [0, 0.05) is 6.54 Å². The van der Waals surface area contributed by atoms with Crippen molar-refractivity contribution >= 4 is 11.9 Å². The lowest BCUT2D eigenvalue weighted by Gasteiger charge is -2.32. The Hall–Kier alpha value is -2.74. The van der Waals surface area contributed by atoms with Gasteiger partial charge in [0.25, 0.3) is 0 Å². The topological polar surface area (TPSA) is 97.6 Å². The quantitative estimate of drug-likeness (QED) is 0.873. The van der Waals surface area contributed by atoms with E-state index in [1.807, 2.05) is 37.3 Å². The van der Waals surface area contributed by atoms with Crippen LogP contribution >= 0.6 is 0 Å². The second-order valence-electron chi connectivity index (χ2n) is 5.56. The molecule has 0 bridgehead atoms. The third-order valence-electron chi connectivity index (χ3n) is 4.04. The van der Waals surface area contributed by atoms with Crippen LogP contribution in [0.15, 0.2) is 30.3 Å². The number of benzene rings is 1. The van der Waals surface area contributed by atoms with Crippen LogP contribution in [0.1, 0.15) is 11.4 Å². The highest BCUT2D eigenvalue weighted by molar-refractivity contribution is 5.85. The summed E-state index contributed by atoms with van der Waals surface area (Å²) in [4.78, 5) is 25.1. The van der Waals surface area contributed by atoms with Crippen molar-refractivity contribution in [1.82, 2.24) is 19.9 Å². The second-order valence-corrected chi connectivity index (χ2v) is 5.56. The molecule has 0 saturated carbocycles. The first-order valence-corrected chi connectivity index (χ1v) is 7.64. The summed E-state index contributed by atoms with van der Waals surface area (Å²) in [6, 6.07) is 8.55. The van der Waals surface area contributed by atoms with Crippen molar-refractivity contribution in [1.29, 1.82) is 0 Å². The molecule has 8 heteroatoms. The van der Waals surface area contributed by atoms with Gasteiger partial charge in [0.15, 0.2) is 6.04 Å². The van der Waals surface area contributed by atoms with Gasteiger partial charge in [-0.2, -0.15) is 0 Å². The fourth-order valence-corrected chi connectivity index (χ4v) is 2.69. The molecule has 1 amide bonds. The van der Waals surface area contributed by atoms with Gasteiger partial charge in [-0.3, -0.25) is 4.79 Å². The zero-order valence-corrected chi connectivity index (χ0v) is 13.3. The molecule has 1 aromatic carbocycles. The molecule has 1 atom stereocenters. The molecular formula is C16H18N4O4. The molecule has 2 aromatic rings. The standard InChI is InChI=1S/C16H18N4O4/c1-11-13(17-18-20(11)12-5-3-2-4-6-12)9-15(21)19-7-8-24-10-14(19)16(22)23/h2-6,14H,7-10H2,1H3,(H,22,23). The van der Waals surface area contributed by atoms with Crippen molar-refractivity contribution in [2.24, 2.45) is 0 Å². The van der Waals surface area contributed by atoms with Gasteiger partial charge in [0.1, 0.15) is 0 Å². The summed E-state index contributed by atoms with van der Waals surface area (Å²) >= 11 is 0. The summed E-state index contributed by atoms with van der Waals surface area (Å²) in [6.07, 6.45) is 0.0163. The van der Waals surface area contributed by atoms with Crippen LogP contribution in [-0.4, -0.2) is 62.7 Å². The largest absolute Gasteiger partial charge is 0.480 e. The van der Waals surface area contributed by atoms with Gasteiger partial charge in [-0.1, -0.05) is 23.4 Å². The summed E-state index contributed by atoms with van der Waals surface area (Å²) in [5.74, 6) is -1.35. The maximum absolute atomic E-state index is 12.5.